The maximum absolute atomic E-state index is 9.99. The molecule has 2 unspecified atom stereocenters. The molecule has 0 aromatic heterocycles. The third-order valence-corrected chi connectivity index (χ3v) is 2.44. The largest absolute Gasteiger partial charge is 0.396 e. The van der Waals surface area contributed by atoms with Crippen LogP contribution in [0.4, 0.5) is 0 Å². The maximum Gasteiger partial charge on any atom is 0.396 e. The Bertz CT molecular complexity index is 209. The first kappa shape index (κ1) is 9.36. The predicted octanol–water partition coefficient (Wildman–Crippen LogP) is 0.730. The molecule has 0 saturated carbocycles. The Balaban J connectivity index is 2.06. The Morgan fingerprint density at radius 2 is 1.92 bits per heavy atom. The molecular formula is C8H14O5. The van der Waals surface area contributed by atoms with Crippen molar-refractivity contribution in [2.45, 2.75) is 44.9 Å². The molecule has 2 atom stereocenters. The summed E-state index contributed by atoms with van der Waals surface area (Å²) in [7, 11) is 0. The first-order valence-electron chi connectivity index (χ1n) is 4.41. The van der Waals surface area contributed by atoms with Gasteiger partial charge >= 0.3 is 5.97 Å². The Kier molecular flexibility index (Phi) is 1.91. The van der Waals surface area contributed by atoms with Crippen molar-refractivity contribution in [1.82, 2.24) is 0 Å². The van der Waals surface area contributed by atoms with Crippen molar-refractivity contribution >= 4 is 0 Å². The molecule has 2 aliphatic heterocycles. The second-order valence-corrected chi connectivity index (χ2v) is 4.17. The predicted molar refractivity (Wildman–Crippen MR) is 40.9 cm³/mol. The molecule has 2 rings (SSSR count). The highest BCUT2D eigenvalue weighted by Crippen LogP contribution is 2.50. The molecular weight excluding hydrogens is 176 g/mol. The van der Waals surface area contributed by atoms with Gasteiger partial charge in [0.2, 0.25) is 0 Å². The number of hydrogen-bond donors (Lipinski definition) is 1. The van der Waals surface area contributed by atoms with Crippen LogP contribution in [0.1, 0.15) is 27.2 Å². The quantitative estimate of drug-likeness (QED) is 0.513. The Labute approximate surface area is 76.4 Å². The molecule has 2 saturated heterocycles. The SMILES string of the molecule is CC(C)CC1OOC2(OO2)C1(C)O. The van der Waals surface area contributed by atoms with Gasteiger partial charge in [0.25, 0.3) is 0 Å². The lowest BCUT2D eigenvalue weighted by atomic mass is 9.91. The monoisotopic (exact) mass is 190 g/mol. The lowest BCUT2D eigenvalue weighted by Gasteiger charge is -2.22. The van der Waals surface area contributed by atoms with Gasteiger partial charge in [-0.15, -0.1) is 0 Å². The minimum absolute atomic E-state index is 0.407. The molecule has 5 heteroatoms. The summed E-state index contributed by atoms with van der Waals surface area (Å²) in [6, 6.07) is 0. The van der Waals surface area contributed by atoms with Gasteiger partial charge in [0, 0.05) is 0 Å². The second-order valence-electron chi connectivity index (χ2n) is 4.17. The van der Waals surface area contributed by atoms with Crippen LogP contribution in [-0.2, 0) is 19.6 Å². The summed E-state index contributed by atoms with van der Waals surface area (Å²) in [4.78, 5) is 18.9. The fourth-order valence-electron chi connectivity index (χ4n) is 1.43. The first-order chi connectivity index (χ1) is 5.98. The van der Waals surface area contributed by atoms with Crippen molar-refractivity contribution in [3.63, 3.8) is 0 Å². The number of hydrogen-bond acceptors (Lipinski definition) is 5. The molecule has 0 radical (unpaired) electrons. The van der Waals surface area contributed by atoms with Crippen LogP contribution in [0, 0.1) is 5.92 Å². The molecule has 5 nitrogen and oxygen atoms in total. The van der Waals surface area contributed by atoms with Crippen molar-refractivity contribution < 1.29 is 24.7 Å². The average molecular weight is 190 g/mol. The van der Waals surface area contributed by atoms with Gasteiger partial charge in [0.05, 0.1) is 0 Å². The van der Waals surface area contributed by atoms with Gasteiger partial charge in [0.1, 0.15) is 6.10 Å². The van der Waals surface area contributed by atoms with Crippen molar-refractivity contribution in [2.75, 3.05) is 0 Å². The van der Waals surface area contributed by atoms with Crippen LogP contribution >= 0.6 is 0 Å². The first-order valence-corrected chi connectivity index (χ1v) is 4.41. The van der Waals surface area contributed by atoms with E-state index in [1.54, 1.807) is 6.92 Å². The van der Waals surface area contributed by atoms with Crippen LogP contribution in [0.15, 0.2) is 0 Å². The van der Waals surface area contributed by atoms with Gasteiger partial charge in [-0.1, -0.05) is 13.8 Å². The minimum atomic E-state index is -1.37. The minimum Gasteiger partial charge on any atom is -0.379 e. The van der Waals surface area contributed by atoms with Crippen molar-refractivity contribution in [1.29, 1.82) is 0 Å². The fraction of sp³-hybridized carbons (Fsp3) is 1.00. The van der Waals surface area contributed by atoms with Crippen LogP contribution in [0.5, 0.6) is 0 Å². The second kappa shape index (κ2) is 2.65. The van der Waals surface area contributed by atoms with Crippen LogP contribution < -0.4 is 0 Å². The zero-order valence-corrected chi connectivity index (χ0v) is 7.94. The topological polar surface area (TPSA) is 63.8 Å². The van der Waals surface area contributed by atoms with E-state index in [-0.39, 0.29) is 0 Å². The fourth-order valence-corrected chi connectivity index (χ4v) is 1.43. The van der Waals surface area contributed by atoms with Crippen LogP contribution in [0.2, 0.25) is 0 Å². The zero-order chi connectivity index (χ0) is 9.69. The molecule has 0 aromatic rings. The summed E-state index contributed by atoms with van der Waals surface area (Å²) in [6.45, 7) is 5.66. The Hall–Kier alpha value is -0.200. The molecule has 2 aliphatic rings. The van der Waals surface area contributed by atoms with E-state index in [2.05, 4.69) is 9.78 Å². The number of aliphatic hydroxyl groups is 1. The van der Waals surface area contributed by atoms with Gasteiger partial charge in [-0.25, -0.2) is 4.89 Å². The third kappa shape index (κ3) is 1.28. The van der Waals surface area contributed by atoms with E-state index in [4.69, 9.17) is 9.78 Å². The molecule has 0 bridgehead atoms. The van der Waals surface area contributed by atoms with E-state index in [0.717, 1.165) is 0 Å². The zero-order valence-electron chi connectivity index (χ0n) is 7.94. The van der Waals surface area contributed by atoms with Crippen LogP contribution in [0.3, 0.4) is 0 Å². The van der Waals surface area contributed by atoms with E-state index in [1.807, 2.05) is 13.8 Å². The van der Waals surface area contributed by atoms with E-state index >= 15 is 0 Å². The normalized spacial score (nSPS) is 41.8. The standard InChI is InChI=1S/C8H14O5/c1-5(2)4-6-7(3,9)8(11-10-6)12-13-8/h5-6,9H,4H2,1-3H3. The van der Waals surface area contributed by atoms with E-state index in [1.165, 1.54) is 0 Å². The lowest BCUT2D eigenvalue weighted by molar-refractivity contribution is -0.332. The molecule has 13 heavy (non-hydrogen) atoms. The van der Waals surface area contributed by atoms with E-state index in [9.17, 15) is 5.11 Å². The molecule has 2 heterocycles. The van der Waals surface area contributed by atoms with Gasteiger partial charge in [-0.3, -0.25) is 0 Å². The van der Waals surface area contributed by atoms with E-state index < -0.39 is 17.7 Å². The molecule has 76 valence electrons. The molecule has 0 aromatic carbocycles. The Morgan fingerprint density at radius 3 is 2.31 bits per heavy atom. The highest BCUT2D eigenvalue weighted by molar-refractivity contribution is 4.97. The molecule has 1 N–H and O–H groups in total. The van der Waals surface area contributed by atoms with Gasteiger partial charge < -0.3 is 5.11 Å². The highest BCUT2D eigenvalue weighted by Gasteiger charge is 2.74. The Morgan fingerprint density at radius 1 is 1.31 bits per heavy atom. The summed E-state index contributed by atoms with van der Waals surface area (Å²) in [5, 5.41) is 9.99. The maximum atomic E-state index is 9.99. The lowest BCUT2D eigenvalue weighted by Crippen LogP contribution is -2.46. The number of rotatable bonds is 2. The summed E-state index contributed by atoms with van der Waals surface area (Å²) in [5.74, 6) is -0.957. The van der Waals surface area contributed by atoms with Gasteiger partial charge in [-0.2, -0.15) is 14.7 Å². The summed E-state index contributed by atoms with van der Waals surface area (Å²) < 4.78 is 0. The van der Waals surface area contributed by atoms with E-state index in [0.29, 0.717) is 12.3 Å². The average Bonchev–Trinajstić information content (AvgIpc) is 2.73. The third-order valence-electron chi connectivity index (χ3n) is 2.44. The van der Waals surface area contributed by atoms with Crippen molar-refractivity contribution in [3.05, 3.63) is 0 Å². The van der Waals surface area contributed by atoms with Crippen molar-refractivity contribution in [3.8, 4) is 0 Å². The molecule has 0 amide bonds. The van der Waals surface area contributed by atoms with Gasteiger partial charge in [-0.05, 0) is 19.3 Å². The molecule has 0 aliphatic carbocycles. The summed E-state index contributed by atoms with van der Waals surface area (Å²) in [5.41, 5.74) is -1.24. The van der Waals surface area contributed by atoms with Crippen LogP contribution in [-0.4, -0.2) is 22.8 Å². The van der Waals surface area contributed by atoms with Crippen molar-refractivity contribution in [2.24, 2.45) is 5.92 Å². The summed E-state index contributed by atoms with van der Waals surface area (Å²) >= 11 is 0. The molecule has 1 spiro atoms. The molecule has 2 fully saturated rings. The smallest absolute Gasteiger partial charge is 0.379 e. The van der Waals surface area contributed by atoms with Gasteiger partial charge in [0.15, 0.2) is 5.60 Å². The summed E-state index contributed by atoms with van der Waals surface area (Å²) in [6.07, 6.45) is 0.288. The highest BCUT2D eigenvalue weighted by atomic mass is 17.5. The van der Waals surface area contributed by atoms with Crippen LogP contribution in [0.25, 0.3) is 0 Å².